The molecule has 1 unspecified atom stereocenters. The fraction of sp³-hybridized carbons (Fsp3) is 0.444. The van der Waals surface area contributed by atoms with E-state index in [4.69, 9.17) is 10.5 Å². The number of carbonyl (C=O) groups excluding carboxylic acids is 1. The number of aromatic nitrogens is 1. The number of methoxy groups -OCH3 is 1. The number of nitrogens with two attached hydrogens (primary N) is 1. The zero-order chi connectivity index (χ0) is 17.7. The van der Waals surface area contributed by atoms with Crippen LogP contribution in [0.15, 0.2) is 29.6 Å². The van der Waals surface area contributed by atoms with E-state index in [0.29, 0.717) is 18.2 Å². The molecule has 0 aliphatic rings. The van der Waals surface area contributed by atoms with E-state index in [1.54, 1.807) is 24.4 Å². The van der Waals surface area contributed by atoms with Crippen molar-refractivity contribution in [3.8, 4) is 16.3 Å². The summed E-state index contributed by atoms with van der Waals surface area (Å²) in [5, 5.41) is 2.63. The van der Waals surface area contributed by atoms with Gasteiger partial charge in [0.25, 0.3) is 5.91 Å². The van der Waals surface area contributed by atoms with Gasteiger partial charge in [-0.05, 0) is 36.6 Å². The summed E-state index contributed by atoms with van der Waals surface area (Å²) in [6.07, 6.45) is 0.787. The van der Waals surface area contributed by atoms with Gasteiger partial charge in [0.15, 0.2) is 0 Å². The number of nitrogens with zero attached hydrogens (tertiary/aromatic N) is 2. The quantitative estimate of drug-likeness (QED) is 0.732. The minimum atomic E-state index is -0.0676. The molecule has 0 aliphatic carbocycles. The van der Waals surface area contributed by atoms with Gasteiger partial charge >= 0.3 is 0 Å². The number of rotatable bonds is 7. The molecular weight excluding hydrogens is 393 g/mol. The van der Waals surface area contributed by atoms with Crippen molar-refractivity contribution in [3.63, 3.8) is 0 Å². The van der Waals surface area contributed by atoms with Gasteiger partial charge < -0.3 is 15.4 Å². The van der Waals surface area contributed by atoms with Gasteiger partial charge in [-0.15, -0.1) is 36.2 Å². The highest BCUT2D eigenvalue weighted by Crippen LogP contribution is 2.26. The summed E-state index contributed by atoms with van der Waals surface area (Å²) >= 11 is 1.47. The predicted molar refractivity (Wildman–Crippen MR) is 113 cm³/mol. The van der Waals surface area contributed by atoms with Gasteiger partial charge in [-0.2, -0.15) is 0 Å². The molecule has 26 heavy (non-hydrogen) atoms. The molecule has 0 radical (unpaired) electrons. The molecule has 1 amide bonds. The normalized spacial score (nSPS) is 11.3. The Morgan fingerprint density at radius 2 is 1.88 bits per heavy atom. The van der Waals surface area contributed by atoms with Crippen molar-refractivity contribution < 1.29 is 9.53 Å². The maximum Gasteiger partial charge on any atom is 0.273 e. The number of benzene rings is 1. The highest BCUT2D eigenvalue weighted by molar-refractivity contribution is 7.13. The summed E-state index contributed by atoms with van der Waals surface area (Å²) in [4.78, 5) is 18.6. The molecule has 0 saturated carbocycles. The number of halogens is 2. The number of ether oxygens (including phenoxy) is 1. The topological polar surface area (TPSA) is 68.5 Å². The average molecular weight is 420 g/mol. The molecule has 2 aromatic rings. The molecule has 0 spiro atoms. The molecule has 1 atom stereocenters. The first-order valence-electron chi connectivity index (χ1n) is 8.03. The molecule has 0 bridgehead atoms. The molecule has 0 saturated heterocycles. The smallest absolute Gasteiger partial charge is 0.273 e. The van der Waals surface area contributed by atoms with Crippen molar-refractivity contribution in [1.82, 2.24) is 9.88 Å². The highest BCUT2D eigenvalue weighted by Gasteiger charge is 2.17. The van der Waals surface area contributed by atoms with Crippen LogP contribution in [-0.4, -0.2) is 42.5 Å². The first kappa shape index (κ1) is 24.7. The molecule has 2 rings (SSSR count). The van der Waals surface area contributed by atoms with Crippen molar-refractivity contribution in [2.75, 3.05) is 20.7 Å². The van der Waals surface area contributed by atoms with E-state index in [2.05, 4.69) is 18.8 Å². The van der Waals surface area contributed by atoms with Gasteiger partial charge in [0.1, 0.15) is 16.5 Å². The molecule has 2 N–H and O–H groups in total. The SMILES string of the molecule is COc1ccc(-c2nc(C(=O)N(C)CCC(N)C(C)C)cs2)cc1.Cl.Cl. The Labute approximate surface area is 171 Å². The number of hydrogen-bond donors (Lipinski definition) is 1. The molecule has 0 aliphatic heterocycles. The third-order valence-electron chi connectivity index (χ3n) is 4.06. The Hall–Kier alpha value is -1.34. The van der Waals surface area contributed by atoms with Gasteiger partial charge in [-0.25, -0.2) is 4.98 Å². The van der Waals surface area contributed by atoms with Crippen molar-refractivity contribution >= 4 is 42.1 Å². The van der Waals surface area contributed by atoms with Crippen LogP contribution in [-0.2, 0) is 0 Å². The summed E-state index contributed by atoms with van der Waals surface area (Å²) in [5.41, 5.74) is 7.50. The second-order valence-electron chi connectivity index (χ2n) is 6.19. The summed E-state index contributed by atoms with van der Waals surface area (Å²) in [6, 6.07) is 7.76. The third-order valence-corrected chi connectivity index (χ3v) is 4.95. The molecule has 1 aromatic heterocycles. The maximum atomic E-state index is 12.5. The minimum absolute atomic E-state index is 0. The zero-order valence-corrected chi connectivity index (χ0v) is 17.9. The minimum Gasteiger partial charge on any atom is -0.497 e. The molecule has 1 aromatic carbocycles. The van der Waals surface area contributed by atoms with E-state index in [0.717, 1.165) is 22.7 Å². The van der Waals surface area contributed by atoms with Crippen LogP contribution < -0.4 is 10.5 Å². The molecule has 0 fully saturated rings. The lowest BCUT2D eigenvalue weighted by atomic mass is 10.0. The summed E-state index contributed by atoms with van der Waals surface area (Å²) in [7, 11) is 3.43. The summed E-state index contributed by atoms with van der Waals surface area (Å²) < 4.78 is 5.15. The second kappa shape index (κ2) is 11.4. The average Bonchev–Trinajstić information content (AvgIpc) is 3.08. The Morgan fingerprint density at radius 1 is 1.27 bits per heavy atom. The van der Waals surface area contributed by atoms with Crippen LogP contribution >= 0.6 is 36.2 Å². The van der Waals surface area contributed by atoms with Crippen molar-refractivity contribution in [2.45, 2.75) is 26.3 Å². The first-order chi connectivity index (χ1) is 11.4. The number of hydrogen-bond acceptors (Lipinski definition) is 5. The zero-order valence-electron chi connectivity index (χ0n) is 15.5. The summed E-state index contributed by atoms with van der Waals surface area (Å²) in [6.45, 7) is 4.82. The molecule has 5 nitrogen and oxygen atoms in total. The Kier molecular flexibility index (Phi) is 10.8. The lowest BCUT2D eigenvalue weighted by Crippen LogP contribution is -2.34. The van der Waals surface area contributed by atoms with Gasteiger partial charge in [0.05, 0.1) is 7.11 Å². The van der Waals surface area contributed by atoms with Gasteiger partial charge in [-0.1, -0.05) is 13.8 Å². The van der Waals surface area contributed by atoms with Crippen LogP contribution in [0.25, 0.3) is 10.6 Å². The van der Waals surface area contributed by atoms with E-state index in [9.17, 15) is 4.79 Å². The van der Waals surface area contributed by atoms with E-state index in [1.165, 1.54) is 11.3 Å². The maximum absolute atomic E-state index is 12.5. The van der Waals surface area contributed by atoms with Crippen LogP contribution in [0.5, 0.6) is 5.75 Å². The van der Waals surface area contributed by atoms with E-state index in [1.807, 2.05) is 24.3 Å². The van der Waals surface area contributed by atoms with E-state index >= 15 is 0 Å². The Morgan fingerprint density at radius 3 is 2.42 bits per heavy atom. The predicted octanol–water partition coefficient (Wildman–Crippen LogP) is 4.11. The van der Waals surface area contributed by atoms with Crippen molar-refractivity contribution in [3.05, 3.63) is 35.3 Å². The molecule has 146 valence electrons. The van der Waals surface area contributed by atoms with Gasteiger partial charge in [0, 0.05) is 30.6 Å². The Bertz CT molecular complexity index is 677. The molecule has 8 heteroatoms. The third kappa shape index (κ3) is 6.43. The molecule has 1 heterocycles. The largest absolute Gasteiger partial charge is 0.497 e. The lowest BCUT2D eigenvalue weighted by Gasteiger charge is -2.20. The van der Waals surface area contributed by atoms with Crippen molar-refractivity contribution in [2.24, 2.45) is 11.7 Å². The van der Waals surface area contributed by atoms with Crippen LogP contribution in [0.1, 0.15) is 30.8 Å². The van der Waals surface area contributed by atoms with Crippen molar-refractivity contribution in [1.29, 1.82) is 0 Å². The fourth-order valence-corrected chi connectivity index (χ4v) is 3.01. The van der Waals surface area contributed by atoms with E-state index in [-0.39, 0.29) is 36.8 Å². The standard InChI is InChI=1S/C18H25N3O2S.2ClH/c1-12(2)15(19)9-10-21(3)18(22)16-11-24-17(20-16)13-5-7-14(23-4)8-6-13;;/h5-8,11-12,15H,9-10,19H2,1-4H3;2*1H. The first-order valence-corrected chi connectivity index (χ1v) is 8.91. The monoisotopic (exact) mass is 419 g/mol. The van der Waals surface area contributed by atoms with Crippen LogP contribution in [0.3, 0.4) is 0 Å². The second-order valence-corrected chi connectivity index (χ2v) is 7.05. The van der Waals surface area contributed by atoms with Crippen LogP contribution in [0.4, 0.5) is 0 Å². The lowest BCUT2D eigenvalue weighted by molar-refractivity contribution is 0.0784. The molecular formula is C18H27Cl2N3O2S. The highest BCUT2D eigenvalue weighted by atomic mass is 35.5. The number of carbonyl (C=O) groups is 1. The van der Waals surface area contributed by atoms with E-state index < -0.39 is 0 Å². The number of amides is 1. The van der Waals surface area contributed by atoms with Gasteiger partial charge in [0.2, 0.25) is 0 Å². The van der Waals surface area contributed by atoms with Crippen LogP contribution in [0, 0.1) is 5.92 Å². The fourth-order valence-electron chi connectivity index (χ4n) is 2.21. The Balaban J connectivity index is 0.00000312. The van der Waals surface area contributed by atoms with Crippen LogP contribution in [0.2, 0.25) is 0 Å². The number of thiazole rings is 1. The summed E-state index contributed by atoms with van der Waals surface area (Å²) in [5.74, 6) is 1.14. The van der Waals surface area contributed by atoms with Gasteiger partial charge in [-0.3, -0.25) is 4.79 Å².